The van der Waals surface area contributed by atoms with Gasteiger partial charge in [0.1, 0.15) is 5.69 Å². The summed E-state index contributed by atoms with van der Waals surface area (Å²) >= 11 is 0. The second-order valence-electron chi connectivity index (χ2n) is 6.48. The summed E-state index contributed by atoms with van der Waals surface area (Å²) in [5.74, 6) is -0.511. The smallest absolute Gasteiger partial charge is 0.355 e. The maximum atomic E-state index is 12.1. The number of nitrogens with one attached hydrogen (secondary N) is 2. The molecule has 0 unspecified atom stereocenters. The van der Waals surface area contributed by atoms with Crippen LogP contribution < -0.4 is 10.7 Å². The summed E-state index contributed by atoms with van der Waals surface area (Å²) < 4.78 is 5.01. The molecule has 6 nitrogen and oxygen atoms in total. The van der Waals surface area contributed by atoms with E-state index in [0.29, 0.717) is 23.4 Å². The summed E-state index contributed by atoms with van der Waals surface area (Å²) in [5.41, 5.74) is 0.343. The van der Waals surface area contributed by atoms with Crippen molar-refractivity contribution in [2.24, 2.45) is 5.92 Å². The van der Waals surface area contributed by atoms with E-state index in [9.17, 15) is 14.4 Å². The Morgan fingerprint density at radius 1 is 1.16 bits per heavy atom. The fourth-order valence-electron chi connectivity index (χ4n) is 3.22. The highest BCUT2D eigenvalue weighted by molar-refractivity contribution is 5.92. The van der Waals surface area contributed by atoms with Crippen molar-refractivity contribution in [2.45, 2.75) is 32.1 Å². The number of benzene rings is 1. The molecule has 0 spiro atoms. The van der Waals surface area contributed by atoms with Crippen molar-refractivity contribution in [2.75, 3.05) is 13.2 Å². The number of ether oxygens (including phenoxy) is 1. The maximum absolute atomic E-state index is 12.1. The lowest BCUT2D eigenvalue weighted by atomic mass is 9.89. The number of pyridine rings is 1. The van der Waals surface area contributed by atoms with E-state index in [-0.39, 0.29) is 23.6 Å². The lowest BCUT2D eigenvalue weighted by molar-refractivity contribution is -0.124. The second-order valence-corrected chi connectivity index (χ2v) is 6.48. The number of amides is 1. The van der Waals surface area contributed by atoms with Gasteiger partial charge in [0, 0.05) is 23.5 Å². The largest absolute Gasteiger partial charge is 0.451 e. The number of hydrogen-bond acceptors (Lipinski definition) is 4. The number of para-hydroxylation sites is 1. The van der Waals surface area contributed by atoms with Gasteiger partial charge >= 0.3 is 5.97 Å². The molecule has 1 aliphatic carbocycles. The number of carbonyl (C=O) groups excluding carboxylic acids is 2. The molecule has 0 aliphatic heterocycles. The van der Waals surface area contributed by atoms with E-state index >= 15 is 0 Å². The Hall–Kier alpha value is -2.63. The Morgan fingerprint density at radius 2 is 1.92 bits per heavy atom. The van der Waals surface area contributed by atoms with Crippen LogP contribution in [0.1, 0.15) is 42.6 Å². The third-order valence-electron chi connectivity index (χ3n) is 4.60. The summed E-state index contributed by atoms with van der Waals surface area (Å²) in [7, 11) is 0. The number of rotatable bonds is 5. The van der Waals surface area contributed by atoms with Crippen molar-refractivity contribution < 1.29 is 14.3 Å². The van der Waals surface area contributed by atoms with Gasteiger partial charge in [-0.05, 0) is 30.9 Å². The molecule has 0 bridgehead atoms. The average molecular weight is 342 g/mol. The normalized spacial score (nSPS) is 15.0. The van der Waals surface area contributed by atoms with E-state index in [1.54, 1.807) is 24.3 Å². The molecule has 1 saturated carbocycles. The van der Waals surface area contributed by atoms with Crippen molar-refractivity contribution in [1.29, 1.82) is 0 Å². The van der Waals surface area contributed by atoms with Crippen molar-refractivity contribution in [3.63, 3.8) is 0 Å². The van der Waals surface area contributed by atoms with Crippen molar-refractivity contribution >= 4 is 22.8 Å². The summed E-state index contributed by atoms with van der Waals surface area (Å²) in [6, 6.07) is 8.12. The molecule has 25 heavy (non-hydrogen) atoms. The molecule has 1 aliphatic rings. The molecule has 2 N–H and O–H groups in total. The molecule has 0 radical (unpaired) electrons. The van der Waals surface area contributed by atoms with E-state index in [2.05, 4.69) is 10.3 Å². The monoisotopic (exact) mass is 342 g/mol. The van der Waals surface area contributed by atoms with Crippen molar-refractivity contribution in [1.82, 2.24) is 10.3 Å². The predicted molar refractivity (Wildman–Crippen MR) is 94.4 cm³/mol. The third-order valence-corrected chi connectivity index (χ3v) is 4.60. The van der Waals surface area contributed by atoms with Crippen molar-refractivity contribution in [3.05, 3.63) is 46.2 Å². The van der Waals surface area contributed by atoms with Gasteiger partial charge in [0.25, 0.3) is 5.91 Å². The molecular formula is C19H22N2O4. The molecule has 1 fully saturated rings. The van der Waals surface area contributed by atoms with E-state index in [4.69, 9.17) is 4.74 Å². The first kappa shape index (κ1) is 17.2. The first-order valence-electron chi connectivity index (χ1n) is 8.69. The number of esters is 1. The minimum Gasteiger partial charge on any atom is -0.451 e. The van der Waals surface area contributed by atoms with Crippen LogP contribution in [0.2, 0.25) is 0 Å². The Bertz CT molecular complexity index is 822. The Morgan fingerprint density at radius 3 is 2.72 bits per heavy atom. The molecule has 1 heterocycles. The molecule has 132 valence electrons. The number of hydrogen-bond donors (Lipinski definition) is 2. The molecule has 1 aromatic heterocycles. The molecule has 0 atom stereocenters. The fourth-order valence-corrected chi connectivity index (χ4v) is 3.22. The highest BCUT2D eigenvalue weighted by Gasteiger charge is 2.16. The Labute approximate surface area is 145 Å². The molecule has 3 rings (SSSR count). The first-order chi connectivity index (χ1) is 12.1. The van der Waals surface area contributed by atoms with Crippen LogP contribution in [-0.4, -0.2) is 30.0 Å². The minimum atomic E-state index is -0.712. The summed E-state index contributed by atoms with van der Waals surface area (Å²) in [5, 5.41) is 3.32. The fraction of sp³-hybridized carbons (Fsp3) is 0.421. The number of aromatic nitrogens is 1. The summed E-state index contributed by atoms with van der Waals surface area (Å²) in [4.78, 5) is 38.8. The molecular weight excluding hydrogens is 320 g/mol. The van der Waals surface area contributed by atoms with Gasteiger partial charge in [-0.25, -0.2) is 4.79 Å². The van der Waals surface area contributed by atoms with Crippen LogP contribution >= 0.6 is 0 Å². The number of aromatic amines is 1. The van der Waals surface area contributed by atoms with Crippen molar-refractivity contribution in [3.8, 4) is 0 Å². The third kappa shape index (κ3) is 4.47. The van der Waals surface area contributed by atoms with E-state index in [1.807, 2.05) is 0 Å². The zero-order chi connectivity index (χ0) is 17.6. The van der Waals surface area contributed by atoms with Crippen LogP contribution in [0.15, 0.2) is 35.1 Å². The molecule has 0 saturated heterocycles. The van der Waals surface area contributed by atoms with Gasteiger partial charge in [-0.3, -0.25) is 9.59 Å². The highest BCUT2D eigenvalue weighted by Crippen LogP contribution is 2.22. The molecule has 1 amide bonds. The van der Waals surface area contributed by atoms with Crippen LogP contribution in [0.3, 0.4) is 0 Å². The van der Waals surface area contributed by atoms with E-state index < -0.39 is 5.97 Å². The standard InChI is InChI=1S/C19H22N2O4/c22-17-10-16(21-15-9-5-4-8-14(15)17)19(24)25-12-18(23)20-11-13-6-2-1-3-7-13/h4-5,8-10,13H,1-3,6-7,11-12H2,(H,20,23)(H,21,22). The highest BCUT2D eigenvalue weighted by atomic mass is 16.5. The lowest BCUT2D eigenvalue weighted by Gasteiger charge is -2.21. The van der Waals surface area contributed by atoms with Crippen LogP contribution in [0.4, 0.5) is 0 Å². The van der Waals surface area contributed by atoms with Crippen LogP contribution in [0, 0.1) is 5.92 Å². The number of H-pyrrole nitrogens is 1. The lowest BCUT2D eigenvalue weighted by Crippen LogP contribution is -2.33. The molecule has 1 aromatic carbocycles. The SMILES string of the molecule is O=C(COC(=O)c1cc(=O)c2ccccc2[nH]1)NCC1CCCCC1. The van der Waals surface area contributed by atoms with Gasteiger partial charge in [0.05, 0.1) is 0 Å². The quantitative estimate of drug-likeness (QED) is 0.817. The van der Waals surface area contributed by atoms with Gasteiger partial charge in [-0.1, -0.05) is 31.4 Å². The zero-order valence-corrected chi connectivity index (χ0v) is 14.0. The summed E-state index contributed by atoms with van der Waals surface area (Å²) in [6.07, 6.45) is 5.97. The van der Waals surface area contributed by atoms with Gasteiger partial charge < -0.3 is 15.0 Å². The minimum absolute atomic E-state index is 0.0452. The molecule has 2 aromatic rings. The van der Waals surface area contributed by atoms with Gasteiger partial charge in [-0.2, -0.15) is 0 Å². The first-order valence-corrected chi connectivity index (χ1v) is 8.69. The topological polar surface area (TPSA) is 88.3 Å². The van der Waals surface area contributed by atoms with Gasteiger partial charge in [0.15, 0.2) is 12.0 Å². The van der Waals surface area contributed by atoms with Gasteiger partial charge in [-0.15, -0.1) is 0 Å². The molecule has 6 heteroatoms. The Kier molecular flexibility index (Phi) is 5.48. The summed E-state index contributed by atoms with van der Waals surface area (Å²) in [6.45, 7) is 0.281. The number of fused-ring (bicyclic) bond motifs is 1. The maximum Gasteiger partial charge on any atom is 0.355 e. The van der Waals surface area contributed by atoms with E-state index in [1.165, 1.54) is 25.3 Å². The second kappa shape index (κ2) is 7.96. The van der Waals surface area contributed by atoms with Gasteiger partial charge in [0.2, 0.25) is 0 Å². The van der Waals surface area contributed by atoms with Crippen LogP contribution in [0.25, 0.3) is 10.9 Å². The van der Waals surface area contributed by atoms with Crippen LogP contribution in [-0.2, 0) is 9.53 Å². The van der Waals surface area contributed by atoms with Crippen LogP contribution in [0.5, 0.6) is 0 Å². The average Bonchev–Trinajstić information content (AvgIpc) is 2.65. The Balaban J connectivity index is 1.53. The van der Waals surface area contributed by atoms with E-state index in [0.717, 1.165) is 12.8 Å². The number of carbonyl (C=O) groups is 2. The zero-order valence-electron chi connectivity index (χ0n) is 14.0. The predicted octanol–water partition coefficient (Wildman–Crippen LogP) is 2.38.